The van der Waals surface area contributed by atoms with Gasteiger partial charge in [-0.25, -0.2) is 4.98 Å². The molecule has 0 radical (unpaired) electrons. The largest absolute Gasteiger partial charge is 0.462 e. The second-order valence-electron chi connectivity index (χ2n) is 4.27. The maximum Gasteiger partial charge on any atom is 0.154 e. The molecule has 4 rings (SSSR count). The van der Waals surface area contributed by atoms with Crippen LogP contribution in [-0.4, -0.2) is 9.38 Å². The summed E-state index contributed by atoms with van der Waals surface area (Å²) in [4.78, 5) is 4.43. The molecule has 0 amide bonds. The lowest BCUT2D eigenvalue weighted by Gasteiger charge is -2.02. The fourth-order valence-corrected chi connectivity index (χ4v) is 2.25. The molecule has 3 heterocycles. The molecule has 0 spiro atoms. The molecule has 0 bridgehead atoms. The number of hydrogen-bond donors (Lipinski definition) is 0. The standard InChI is InChI=1S/C15H10N2O.ClH/c1-2-7-17-10-16-15(13(17)6-1)14-8-11-4-3-5-12(11)9-18-14;/h1-10H;1H. The van der Waals surface area contributed by atoms with Gasteiger partial charge in [0, 0.05) is 11.8 Å². The molecule has 19 heavy (non-hydrogen) atoms. The molecule has 0 N–H and O–H groups in total. The third-order valence-corrected chi connectivity index (χ3v) is 3.16. The Morgan fingerprint density at radius 1 is 1.00 bits per heavy atom. The van der Waals surface area contributed by atoms with Crippen LogP contribution in [0.1, 0.15) is 0 Å². The van der Waals surface area contributed by atoms with Crippen molar-refractivity contribution in [3.63, 3.8) is 0 Å². The van der Waals surface area contributed by atoms with Crippen LogP contribution in [0.2, 0.25) is 0 Å². The number of imidazole rings is 1. The Balaban J connectivity index is 0.00000110. The van der Waals surface area contributed by atoms with Gasteiger partial charge in [0.2, 0.25) is 0 Å². The van der Waals surface area contributed by atoms with Gasteiger partial charge in [-0.3, -0.25) is 0 Å². The van der Waals surface area contributed by atoms with Gasteiger partial charge in [0.1, 0.15) is 12.0 Å². The van der Waals surface area contributed by atoms with Crippen LogP contribution in [0.5, 0.6) is 0 Å². The Hall–Kier alpha value is -2.26. The zero-order valence-electron chi connectivity index (χ0n) is 9.98. The topological polar surface area (TPSA) is 30.4 Å². The second-order valence-corrected chi connectivity index (χ2v) is 4.27. The molecule has 4 heteroatoms. The fourth-order valence-electron chi connectivity index (χ4n) is 2.25. The maximum absolute atomic E-state index is 5.68. The molecule has 0 fully saturated rings. The van der Waals surface area contributed by atoms with E-state index in [0.29, 0.717) is 0 Å². The van der Waals surface area contributed by atoms with Crippen LogP contribution in [-0.2, 0) is 0 Å². The van der Waals surface area contributed by atoms with Gasteiger partial charge in [-0.1, -0.05) is 24.3 Å². The predicted octanol–water partition coefficient (Wildman–Crippen LogP) is 4.12. The summed E-state index contributed by atoms with van der Waals surface area (Å²) in [5, 5.41) is 0. The van der Waals surface area contributed by atoms with Gasteiger partial charge in [0.15, 0.2) is 5.76 Å². The minimum Gasteiger partial charge on any atom is -0.462 e. The normalized spacial score (nSPS) is 10.7. The van der Waals surface area contributed by atoms with Crippen molar-refractivity contribution in [2.24, 2.45) is 0 Å². The Bertz CT molecular complexity index is 803. The second kappa shape index (κ2) is 4.44. The van der Waals surface area contributed by atoms with Crippen molar-refractivity contribution in [1.82, 2.24) is 9.38 Å². The first-order valence-corrected chi connectivity index (χ1v) is 5.81. The zero-order chi connectivity index (χ0) is 11.9. The Morgan fingerprint density at radius 3 is 2.84 bits per heavy atom. The van der Waals surface area contributed by atoms with E-state index in [4.69, 9.17) is 4.42 Å². The van der Waals surface area contributed by atoms with Gasteiger partial charge in [0.25, 0.3) is 0 Å². The number of fused-ring (bicyclic) bond motifs is 2. The number of pyridine rings is 1. The Morgan fingerprint density at radius 2 is 1.89 bits per heavy atom. The Kier molecular flexibility index (Phi) is 2.76. The molecular weight excluding hydrogens is 260 g/mol. The minimum absolute atomic E-state index is 0. The zero-order valence-corrected chi connectivity index (χ0v) is 10.8. The highest BCUT2D eigenvalue weighted by Gasteiger charge is 2.11. The first-order valence-electron chi connectivity index (χ1n) is 5.81. The molecule has 2 aliphatic rings. The van der Waals surface area contributed by atoms with Crippen molar-refractivity contribution >= 4 is 17.9 Å². The van der Waals surface area contributed by atoms with Gasteiger partial charge in [-0.2, -0.15) is 0 Å². The molecule has 0 saturated heterocycles. The number of aromatic nitrogens is 2. The summed E-state index contributed by atoms with van der Waals surface area (Å²) >= 11 is 0. The number of hydrogen-bond acceptors (Lipinski definition) is 2. The minimum atomic E-state index is 0. The molecule has 2 aromatic rings. The SMILES string of the molecule is Cl.c1cc2coc(-c3ncn4ccccc34)cc-2c1. The van der Waals surface area contributed by atoms with E-state index in [1.54, 1.807) is 12.6 Å². The average molecular weight is 271 g/mol. The van der Waals surface area contributed by atoms with E-state index in [9.17, 15) is 0 Å². The average Bonchev–Trinajstić information content (AvgIpc) is 3.04. The van der Waals surface area contributed by atoms with Crippen LogP contribution < -0.4 is 0 Å². The van der Waals surface area contributed by atoms with E-state index in [-0.39, 0.29) is 12.4 Å². The van der Waals surface area contributed by atoms with Crippen LogP contribution in [0.3, 0.4) is 0 Å². The highest BCUT2D eigenvalue weighted by atomic mass is 35.5. The van der Waals surface area contributed by atoms with Gasteiger partial charge in [0.05, 0.1) is 11.8 Å². The van der Waals surface area contributed by atoms with Gasteiger partial charge in [-0.05, 0) is 23.8 Å². The third-order valence-electron chi connectivity index (χ3n) is 3.16. The smallest absolute Gasteiger partial charge is 0.154 e. The lowest BCUT2D eigenvalue weighted by atomic mass is 10.1. The lowest BCUT2D eigenvalue weighted by Crippen LogP contribution is -1.82. The van der Waals surface area contributed by atoms with Crippen LogP contribution >= 0.6 is 12.4 Å². The summed E-state index contributed by atoms with van der Waals surface area (Å²) in [5.74, 6) is 0.794. The molecule has 1 aliphatic carbocycles. The third kappa shape index (κ3) is 1.79. The molecular formula is C15H11ClN2O. The van der Waals surface area contributed by atoms with Crippen LogP contribution in [0.25, 0.3) is 28.1 Å². The summed E-state index contributed by atoms with van der Waals surface area (Å²) in [6, 6.07) is 14.2. The molecule has 0 atom stereocenters. The molecule has 2 aromatic heterocycles. The molecule has 0 unspecified atom stereocenters. The lowest BCUT2D eigenvalue weighted by molar-refractivity contribution is 0.566. The Labute approximate surface area is 116 Å². The highest BCUT2D eigenvalue weighted by Crippen LogP contribution is 2.30. The molecule has 3 nitrogen and oxygen atoms in total. The highest BCUT2D eigenvalue weighted by molar-refractivity contribution is 5.85. The van der Waals surface area contributed by atoms with E-state index >= 15 is 0 Å². The van der Waals surface area contributed by atoms with E-state index in [1.165, 1.54) is 5.56 Å². The van der Waals surface area contributed by atoms with E-state index in [2.05, 4.69) is 11.1 Å². The summed E-state index contributed by atoms with van der Waals surface area (Å²) < 4.78 is 7.66. The van der Waals surface area contributed by atoms with Crippen molar-refractivity contribution < 1.29 is 4.42 Å². The molecule has 0 aromatic carbocycles. The number of halogens is 1. The van der Waals surface area contributed by atoms with Crippen molar-refractivity contribution in [3.05, 3.63) is 61.3 Å². The number of nitrogens with zero attached hydrogens (tertiary/aromatic N) is 2. The molecule has 94 valence electrons. The van der Waals surface area contributed by atoms with E-state index < -0.39 is 0 Å². The van der Waals surface area contributed by atoms with Crippen LogP contribution in [0, 0.1) is 0 Å². The molecule has 0 saturated carbocycles. The van der Waals surface area contributed by atoms with Crippen molar-refractivity contribution in [2.75, 3.05) is 0 Å². The predicted molar refractivity (Wildman–Crippen MR) is 76.8 cm³/mol. The fraction of sp³-hybridized carbons (Fsp3) is 0. The summed E-state index contributed by atoms with van der Waals surface area (Å²) in [7, 11) is 0. The monoisotopic (exact) mass is 270 g/mol. The summed E-state index contributed by atoms with van der Waals surface area (Å²) in [5.41, 5.74) is 4.21. The quantitative estimate of drug-likeness (QED) is 0.521. The van der Waals surface area contributed by atoms with Crippen LogP contribution in [0.15, 0.2) is 65.7 Å². The summed E-state index contributed by atoms with van der Waals surface area (Å²) in [6.45, 7) is 0. The van der Waals surface area contributed by atoms with Crippen LogP contribution in [0.4, 0.5) is 0 Å². The number of rotatable bonds is 1. The maximum atomic E-state index is 5.68. The van der Waals surface area contributed by atoms with E-state index in [1.807, 2.05) is 47.0 Å². The van der Waals surface area contributed by atoms with Gasteiger partial charge < -0.3 is 8.82 Å². The molecule has 1 aliphatic heterocycles. The van der Waals surface area contributed by atoms with Crippen molar-refractivity contribution in [2.45, 2.75) is 0 Å². The van der Waals surface area contributed by atoms with Crippen molar-refractivity contribution in [3.8, 4) is 22.6 Å². The first kappa shape index (κ1) is 11.8. The van der Waals surface area contributed by atoms with Gasteiger partial charge >= 0.3 is 0 Å². The van der Waals surface area contributed by atoms with Gasteiger partial charge in [-0.15, -0.1) is 12.4 Å². The van der Waals surface area contributed by atoms with Crippen molar-refractivity contribution in [1.29, 1.82) is 0 Å². The first-order chi connectivity index (χ1) is 8.92. The summed E-state index contributed by atoms with van der Waals surface area (Å²) in [6.07, 6.45) is 5.56. The van der Waals surface area contributed by atoms with E-state index in [0.717, 1.165) is 22.5 Å².